The van der Waals surface area contributed by atoms with Gasteiger partial charge in [-0.3, -0.25) is 14.9 Å². The van der Waals surface area contributed by atoms with Crippen molar-refractivity contribution in [3.8, 4) is 0 Å². The molecular formula is C20H16N2O5. The predicted molar refractivity (Wildman–Crippen MR) is 101 cm³/mol. The maximum absolute atomic E-state index is 12.2. The number of benzene rings is 3. The first-order valence-electron chi connectivity index (χ1n) is 8.15. The van der Waals surface area contributed by atoms with Gasteiger partial charge in [0.15, 0.2) is 6.61 Å². The van der Waals surface area contributed by atoms with E-state index >= 15 is 0 Å². The number of esters is 1. The molecule has 0 heterocycles. The summed E-state index contributed by atoms with van der Waals surface area (Å²) in [5.74, 6) is -1.13. The Hall–Kier alpha value is -3.74. The minimum atomic E-state index is -0.601. The van der Waals surface area contributed by atoms with E-state index < -0.39 is 23.4 Å². The van der Waals surface area contributed by atoms with Crippen molar-refractivity contribution in [1.82, 2.24) is 0 Å². The van der Waals surface area contributed by atoms with Crippen LogP contribution in [-0.2, 0) is 9.53 Å². The number of rotatable bonds is 5. The number of amides is 1. The van der Waals surface area contributed by atoms with E-state index in [1.54, 1.807) is 19.1 Å². The number of nitro groups is 1. The van der Waals surface area contributed by atoms with Crippen molar-refractivity contribution in [1.29, 1.82) is 0 Å². The zero-order valence-corrected chi connectivity index (χ0v) is 14.5. The highest BCUT2D eigenvalue weighted by Gasteiger charge is 2.13. The molecular weight excluding hydrogens is 348 g/mol. The zero-order chi connectivity index (χ0) is 19.4. The van der Waals surface area contributed by atoms with Gasteiger partial charge in [0.1, 0.15) is 0 Å². The standard InChI is InChI=1S/C20H16N2O5/c1-13-10-17(22(25)26)8-9-18(13)21-19(23)12-27-20(24)16-7-6-14-4-2-3-5-15(14)11-16/h2-11H,12H2,1H3,(H,21,23). The fourth-order valence-electron chi connectivity index (χ4n) is 2.62. The van der Waals surface area contributed by atoms with Crippen LogP contribution in [0.1, 0.15) is 15.9 Å². The van der Waals surface area contributed by atoms with E-state index in [2.05, 4.69) is 5.32 Å². The van der Waals surface area contributed by atoms with Gasteiger partial charge < -0.3 is 10.1 Å². The van der Waals surface area contributed by atoms with Crippen LogP contribution >= 0.6 is 0 Å². The second kappa shape index (κ2) is 7.65. The SMILES string of the molecule is Cc1cc([N+](=O)[O-])ccc1NC(=O)COC(=O)c1ccc2ccccc2c1. The normalized spacial score (nSPS) is 10.4. The molecule has 0 unspecified atom stereocenters. The highest BCUT2D eigenvalue weighted by atomic mass is 16.6. The van der Waals surface area contributed by atoms with Crippen molar-refractivity contribution in [2.24, 2.45) is 0 Å². The fraction of sp³-hybridized carbons (Fsp3) is 0.100. The van der Waals surface area contributed by atoms with Gasteiger partial charge in [-0.2, -0.15) is 0 Å². The number of carbonyl (C=O) groups excluding carboxylic acids is 2. The van der Waals surface area contributed by atoms with Crippen molar-refractivity contribution in [3.05, 3.63) is 81.9 Å². The van der Waals surface area contributed by atoms with Gasteiger partial charge in [-0.15, -0.1) is 0 Å². The van der Waals surface area contributed by atoms with Gasteiger partial charge in [-0.1, -0.05) is 30.3 Å². The van der Waals surface area contributed by atoms with Gasteiger partial charge in [-0.25, -0.2) is 4.79 Å². The summed E-state index contributed by atoms with van der Waals surface area (Å²) in [6.45, 7) is 1.19. The van der Waals surface area contributed by atoms with Gasteiger partial charge in [0.2, 0.25) is 0 Å². The highest BCUT2D eigenvalue weighted by Crippen LogP contribution is 2.21. The van der Waals surface area contributed by atoms with Crippen LogP contribution < -0.4 is 5.32 Å². The Morgan fingerprint density at radius 1 is 1.04 bits per heavy atom. The monoisotopic (exact) mass is 364 g/mol. The van der Waals surface area contributed by atoms with Crippen LogP contribution in [-0.4, -0.2) is 23.4 Å². The van der Waals surface area contributed by atoms with Gasteiger partial charge in [0, 0.05) is 17.8 Å². The van der Waals surface area contributed by atoms with Crippen molar-refractivity contribution < 1.29 is 19.2 Å². The summed E-state index contributed by atoms with van der Waals surface area (Å²) < 4.78 is 5.05. The molecule has 27 heavy (non-hydrogen) atoms. The molecule has 0 spiro atoms. The van der Waals surface area contributed by atoms with E-state index in [4.69, 9.17) is 4.74 Å². The number of fused-ring (bicyclic) bond motifs is 1. The van der Waals surface area contributed by atoms with Crippen molar-refractivity contribution in [3.63, 3.8) is 0 Å². The Bertz CT molecular complexity index is 1050. The maximum atomic E-state index is 12.2. The number of anilines is 1. The average Bonchev–Trinajstić information content (AvgIpc) is 2.67. The molecule has 0 aromatic heterocycles. The number of nitrogens with one attached hydrogen (secondary N) is 1. The molecule has 0 aliphatic heterocycles. The van der Waals surface area contributed by atoms with Crippen LogP contribution in [0.5, 0.6) is 0 Å². The molecule has 0 aliphatic rings. The van der Waals surface area contributed by atoms with Crippen LogP contribution in [0.2, 0.25) is 0 Å². The second-order valence-electron chi connectivity index (χ2n) is 5.94. The lowest BCUT2D eigenvalue weighted by molar-refractivity contribution is -0.384. The number of ether oxygens (including phenoxy) is 1. The van der Waals surface area contributed by atoms with Crippen LogP contribution in [0.25, 0.3) is 10.8 Å². The molecule has 0 saturated heterocycles. The number of hydrogen-bond acceptors (Lipinski definition) is 5. The van der Waals surface area contributed by atoms with Gasteiger partial charge in [-0.05, 0) is 41.5 Å². The Morgan fingerprint density at radius 3 is 2.48 bits per heavy atom. The lowest BCUT2D eigenvalue weighted by Crippen LogP contribution is -2.21. The van der Waals surface area contributed by atoms with Crippen molar-refractivity contribution in [2.75, 3.05) is 11.9 Å². The first-order chi connectivity index (χ1) is 12.9. The smallest absolute Gasteiger partial charge is 0.338 e. The number of aryl methyl sites for hydroxylation is 1. The van der Waals surface area contributed by atoms with Crippen LogP contribution in [0.4, 0.5) is 11.4 Å². The van der Waals surface area contributed by atoms with Gasteiger partial charge >= 0.3 is 5.97 Å². The molecule has 0 radical (unpaired) electrons. The molecule has 3 rings (SSSR count). The number of nitrogens with zero attached hydrogens (tertiary/aromatic N) is 1. The number of nitro benzene ring substituents is 1. The highest BCUT2D eigenvalue weighted by molar-refractivity contribution is 5.98. The Kier molecular flexibility index (Phi) is 5.12. The maximum Gasteiger partial charge on any atom is 0.338 e. The first kappa shape index (κ1) is 18.1. The summed E-state index contributed by atoms with van der Waals surface area (Å²) in [5.41, 5.74) is 1.26. The van der Waals surface area contributed by atoms with E-state index in [-0.39, 0.29) is 5.69 Å². The summed E-state index contributed by atoms with van der Waals surface area (Å²) in [4.78, 5) is 34.4. The molecule has 7 heteroatoms. The van der Waals surface area contributed by atoms with E-state index in [9.17, 15) is 19.7 Å². The first-order valence-corrected chi connectivity index (χ1v) is 8.15. The predicted octanol–water partition coefficient (Wildman–Crippen LogP) is 3.85. The zero-order valence-electron chi connectivity index (χ0n) is 14.5. The summed E-state index contributed by atoms with van der Waals surface area (Å²) in [6.07, 6.45) is 0. The number of carbonyl (C=O) groups is 2. The van der Waals surface area contributed by atoms with Crippen LogP contribution in [0.3, 0.4) is 0 Å². The minimum absolute atomic E-state index is 0.0618. The van der Waals surface area contributed by atoms with E-state index in [0.717, 1.165) is 10.8 Å². The largest absolute Gasteiger partial charge is 0.452 e. The van der Waals surface area contributed by atoms with Crippen LogP contribution in [0.15, 0.2) is 60.7 Å². The molecule has 3 aromatic rings. The average molecular weight is 364 g/mol. The third kappa shape index (κ3) is 4.27. The topological polar surface area (TPSA) is 98.5 Å². The summed E-state index contributed by atoms with van der Waals surface area (Å²) in [6, 6.07) is 16.9. The Balaban J connectivity index is 1.61. The third-order valence-corrected chi connectivity index (χ3v) is 4.01. The van der Waals surface area contributed by atoms with Crippen molar-refractivity contribution in [2.45, 2.75) is 6.92 Å². The molecule has 0 aliphatic carbocycles. The summed E-state index contributed by atoms with van der Waals surface area (Å²) in [7, 11) is 0. The van der Waals surface area contributed by atoms with Gasteiger partial charge in [0.25, 0.3) is 11.6 Å². The lowest BCUT2D eigenvalue weighted by Gasteiger charge is -2.09. The molecule has 136 valence electrons. The minimum Gasteiger partial charge on any atom is -0.452 e. The van der Waals surface area contributed by atoms with Crippen molar-refractivity contribution >= 4 is 34.0 Å². The molecule has 1 N–H and O–H groups in total. The Labute approximate surface area is 154 Å². The molecule has 7 nitrogen and oxygen atoms in total. The summed E-state index contributed by atoms with van der Waals surface area (Å²) in [5, 5.41) is 15.2. The third-order valence-electron chi connectivity index (χ3n) is 4.01. The quantitative estimate of drug-likeness (QED) is 0.421. The van der Waals surface area contributed by atoms with E-state index in [1.165, 1.54) is 18.2 Å². The summed E-state index contributed by atoms with van der Waals surface area (Å²) >= 11 is 0. The number of non-ortho nitro benzene ring substituents is 1. The Morgan fingerprint density at radius 2 is 1.78 bits per heavy atom. The molecule has 1 amide bonds. The van der Waals surface area contributed by atoms with E-state index in [1.807, 2.05) is 30.3 Å². The molecule has 3 aromatic carbocycles. The molecule has 0 atom stereocenters. The fourth-order valence-corrected chi connectivity index (χ4v) is 2.62. The molecule has 0 bridgehead atoms. The molecule has 0 fully saturated rings. The molecule has 0 saturated carbocycles. The van der Waals surface area contributed by atoms with Crippen LogP contribution in [0, 0.1) is 17.0 Å². The second-order valence-corrected chi connectivity index (χ2v) is 5.94. The van der Waals surface area contributed by atoms with E-state index in [0.29, 0.717) is 16.8 Å². The lowest BCUT2D eigenvalue weighted by atomic mass is 10.1. The number of hydrogen-bond donors (Lipinski definition) is 1. The van der Waals surface area contributed by atoms with Gasteiger partial charge in [0.05, 0.1) is 10.5 Å².